The Morgan fingerprint density at radius 1 is 0.800 bits per heavy atom. The van der Waals surface area contributed by atoms with E-state index in [0.717, 1.165) is 28.1 Å². The molecule has 4 aromatic rings. The summed E-state index contributed by atoms with van der Waals surface area (Å²) in [4.78, 5) is 10.6. The van der Waals surface area contributed by atoms with Gasteiger partial charge in [-0.3, -0.25) is 9.97 Å². The van der Waals surface area contributed by atoms with Gasteiger partial charge < -0.3 is 10.3 Å². The van der Waals surface area contributed by atoms with Crippen molar-refractivity contribution in [3.05, 3.63) is 107 Å². The monoisotopic (exact) mass is 432 g/mol. The van der Waals surface area contributed by atoms with Crippen LogP contribution in [0.1, 0.15) is 11.6 Å². The lowest BCUT2D eigenvalue weighted by atomic mass is 9.94. The predicted octanol–water partition coefficient (Wildman–Crippen LogP) is 6.98. The second-order valence-electron chi connectivity index (χ2n) is 6.65. The van der Waals surface area contributed by atoms with Crippen LogP contribution in [0.15, 0.2) is 91.5 Å². The van der Waals surface area contributed by atoms with Crippen molar-refractivity contribution >= 4 is 40.8 Å². The molecule has 0 fully saturated rings. The molecule has 4 rings (SSSR count). The molecule has 0 aliphatic rings. The molecule has 0 aliphatic carbocycles. The van der Waals surface area contributed by atoms with Crippen molar-refractivity contribution in [2.75, 3.05) is 4.90 Å². The van der Waals surface area contributed by atoms with Crippen molar-refractivity contribution in [1.82, 2.24) is 9.97 Å². The van der Waals surface area contributed by atoms with Gasteiger partial charge in [0.15, 0.2) is 0 Å². The van der Waals surface area contributed by atoms with Crippen LogP contribution in [0, 0.1) is 5.41 Å². The number of benzene rings is 2. The second-order valence-corrected chi connectivity index (χ2v) is 7.52. The Kier molecular flexibility index (Phi) is 6.07. The van der Waals surface area contributed by atoms with Crippen LogP contribution in [0.4, 0.5) is 11.4 Å². The van der Waals surface area contributed by atoms with E-state index in [1.165, 1.54) is 6.21 Å². The molecule has 0 saturated heterocycles. The van der Waals surface area contributed by atoms with Crippen LogP contribution in [-0.4, -0.2) is 16.2 Å². The van der Waals surface area contributed by atoms with Crippen LogP contribution in [0.2, 0.25) is 10.0 Å². The lowest BCUT2D eigenvalue weighted by Crippen LogP contribution is -2.25. The zero-order chi connectivity index (χ0) is 20.9. The molecular weight excluding hydrogens is 415 g/mol. The van der Waals surface area contributed by atoms with Crippen LogP contribution in [0.5, 0.6) is 0 Å². The Morgan fingerprint density at radius 3 is 1.93 bits per heavy atom. The highest BCUT2D eigenvalue weighted by Gasteiger charge is 2.24. The van der Waals surface area contributed by atoms with E-state index in [1.807, 2.05) is 65.6 Å². The van der Waals surface area contributed by atoms with Gasteiger partial charge in [-0.15, -0.1) is 0 Å². The van der Waals surface area contributed by atoms with Gasteiger partial charge >= 0.3 is 0 Å². The summed E-state index contributed by atoms with van der Waals surface area (Å²) < 4.78 is 0. The fourth-order valence-corrected chi connectivity index (χ4v) is 4.02. The zero-order valence-corrected chi connectivity index (χ0v) is 17.4. The minimum absolute atomic E-state index is 0.396. The highest BCUT2D eigenvalue weighted by Crippen LogP contribution is 2.38. The number of rotatable bonds is 6. The minimum atomic E-state index is -0.396. The summed E-state index contributed by atoms with van der Waals surface area (Å²) in [5.41, 5.74) is 4.51. The number of nitrogens with zero attached hydrogens (tertiary/aromatic N) is 3. The summed E-state index contributed by atoms with van der Waals surface area (Å²) in [5, 5.41) is 9.44. The Labute approximate surface area is 185 Å². The van der Waals surface area contributed by atoms with Crippen molar-refractivity contribution < 1.29 is 0 Å². The summed E-state index contributed by atoms with van der Waals surface area (Å²) in [5.74, 6) is 0. The average molecular weight is 433 g/mol. The molecule has 148 valence electrons. The maximum atomic E-state index is 8.31. The third-order valence-electron chi connectivity index (χ3n) is 4.74. The lowest BCUT2D eigenvalue weighted by Gasteiger charge is -2.32. The van der Waals surface area contributed by atoms with Gasteiger partial charge in [-0.25, -0.2) is 0 Å². The maximum absolute atomic E-state index is 8.31. The minimum Gasteiger partial charge on any atom is -0.326 e. The Balaban J connectivity index is 1.90. The molecule has 2 heterocycles. The summed E-state index contributed by atoms with van der Waals surface area (Å²) in [6, 6.07) is 20.7. The maximum Gasteiger partial charge on any atom is 0.0946 e. The molecule has 2 aromatic heterocycles. The number of nitrogens with one attached hydrogen (secondary N) is 1. The van der Waals surface area contributed by atoms with Gasteiger partial charge in [0, 0.05) is 28.7 Å². The fraction of sp³-hybridized carbons (Fsp3) is 0.0417. The number of halogens is 2. The molecule has 1 atom stereocenters. The van der Waals surface area contributed by atoms with E-state index in [1.54, 1.807) is 30.9 Å². The lowest BCUT2D eigenvalue weighted by molar-refractivity contribution is 0.897. The molecule has 6 heteroatoms. The third kappa shape index (κ3) is 4.20. The van der Waals surface area contributed by atoms with Crippen molar-refractivity contribution in [2.45, 2.75) is 6.04 Å². The van der Waals surface area contributed by atoms with E-state index in [4.69, 9.17) is 28.6 Å². The van der Waals surface area contributed by atoms with Crippen LogP contribution in [0.25, 0.3) is 11.1 Å². The van der Waals surface area contributed by atoms with E-state index in [9.17, 15) is 0 Å². The molecule has 0 radical (unpaired) electrons. The summed E-state index contributed by atoms with van der Waals surface area (Å²) >= 11 is 12.5. The Bertz CT molecular complexity index is 1090. The molecule has 0 saturated carbocycles. The van der Waals surface area contributed by atoms with Gasteiger partial charge in [-0.2, -0.15) is 0 Å². The van der Waals surface area contributed by atoms with Crippen LogP contribution < -0.4 is 4.90 Å². The zero-order valence-electron chi connectivity index (χ0n) is 15.9. The van der Waals surface area contributed by atoms with E-state index in [2.05, 4.69) is 9.97 Å². The Hall–Kier alpha value is -3.21. The second kappa shape index (κ2) is 9.08. The van der Waals surface area contributed by atoms with E-state index in [0.29, 0.717) is 10.0 Å². The SMILES string of the molecule is N=CC(c1ccccc1-c1cc(Cl)cc(Cl)c1)N(c1cccnc1)c1cccnc1. The van der Waals surface area contributed by atoms with Gasteiger partial charge in [0.2, 0.25) is 0 Å². The van der Waals surface area contributed by atoms with Crippen molar-refractivity contribution in [1.29, 1.82) is 5.41 Å². The van der Waals surface area contributed by atoms with Crippen molar-refractivity contribution in [2.24, 2.45) is 0 Å². The van der Waals surface area contributed by atoms with Crippen LogP contribution in [-0.2, 0) is 0 Å². The number of anilines is 2. The van der Waals surface area contributed by atoms with Gasteiger partial charge in [0.05, 0.1) is 29.8 Å². The Morgan fingerprint density at radius 2 is 1.40 bits per heavy atom. The molecule has 1 unspecified atom stereocenters. The molecule has 0 spiro atoms. The van der Waals surface area contributed by atoms with Crippen LogP contribution in [0.3, 0.4) is 0 Å². The summed E-state index contributed by atoms with van der Waals surface area (Å²) in [7, 11) is 0. The van der Waals surface area contributed by atoms with Gasteiger partial charge in [0.1, 0.15) is 0 Å². The highest BCUT2D eigenvalue weighted by atomic mass is 35.5. The fourth-order valence-electron chi connectivity index (χ4n) is 3.49. The first kappa shape index (κ1) is 20.1. The molecular formula is C24H18Cl2N4. The summed E-state index contributed by atoms with van der Waals surface area (Å²) in [6.45, 7) is 0. The highest BCUT2D eigenvalue weighted by molar-refractivity contribution is 6.35. The van der Waals surface area contributed by atoms with Gasteiger partial charge in [-0.1, -0.05) is 47.5 Å². The van der Waals surface area contributed by atoms with Gasteiger partial charge in [-0.05, 0) is 59.2 Å². The van der Waals surface area contributed by atoms with E-state index < -0.39 is 6.04 Å². The largest absolute Gasteiger partial charge is 0.326 e. The third-order valence-corrected chi connectivity index (χ3v) is 5.17. The van der Waals surface area contributed by atoms with E-state index in [-0.39, 0.29) is 0 Å². The number of hydrogen-bond donors (Lipinski definition) is 1. The summed E-state index contributed by atoms with van der Waals surface area (Å²) in [6.07, 6.45) is 8.44. The first-order valence-electron chi connectivity index (χ1n) is 9.32. The number of pyridine rings is 2. The van der Waals surface area contributed by atoms with Crippen LogP contribution >= 0.6 is 23.2 Å². The first-order chi connectivity index (χ1) is 14.7. The molecule has 0 amide bonds. The van der Waals surface area contributed by atoms with Crippen molar-refractivity contribution in [3.63, 3.8) is 0 Å². The molecule has 0 bridgehead atoms. The van der Waals surface area contributed by atoms with Crippen molar-refractivity contribution in [3.8, 4) is 11.1 Å². The molecule has 2 aromatic carbocycles. The van der Waals surface area contributed by atoms with Gasteiger partial charge in [0.25, 0.3) is 0 Å². The standard InChI is InChI=1S/C24H18Cl2N4/c25-18-11-17(12-19(26)13-18)22-7-1-2-8-23(22)24(14-27)30(20-5-3-9-28-15-20)21-6-4-10-29-16-21/h1-16,24,27H. The average Bonchev–Trinajstić information content (AvgIpc) is 2.78. The number of aromatic nitrogens is 2. The normalized spacial score (nSPS) is 11.7. The molecule has 1 N–H and O–H groups in total. The predicted molar refractivity (Wildman–Crippen MR) is 124 cm³/mol. The van der Waals surface area contributed by atoms with E-state index >= 15 is 0 Å². The smallest absolute Gasteiger partial charge is 0.0946 e. The molecule has 30 heavy (non-hydrogen) atoms. The topological polar surface area (TPSA) is 52.9 Å². The first-order valence-corrected chi connectivity index (χ1v) is 10.1. The molecule has 4 nitrogen and oxygen atoms in total. The number of hydrogen-bond acceptors (Lipinski definition) is 4. The molecule has 0 aliphatic heterocycles. The quantitative estimate of drug-likeness (QED) is 0.334.